The number of phenolic OH excluding ortho intramolecular Hbond substituents is 2. The molecule has 2 rings (SSSR count). The highest BCUT2D eigenvalue weighted by molar-refractivity contribution is 6.09. The molecular weight excluding hydrogens is 328 g/mol. The van der Waals surface area contributed by atoms with Crippen LogP contribution in [0, 0.1) is 0 Å². The van der Waals surface area contributed by atoms with Crippen LogP contribution in [0.2, 0.25) is 0 Å². The quantitative estimate of drug-likeness (QED) is 0.420. The average Bonchev–Trinajstić information content (AvgIpc) is 2.60. The van der Waals surface area contributed by atoms with Crippen LogP contribution in [0.15, 0.2) is 60.7 Å². The normalized spacial score (nSPS) is 11.2. The lowest BCUT2D eigenvalue weighted by Gasteiger charge is -2.11. The summed E-state index contributed by atoms with van der Waals surface area (Å²) in [7, 11) is 0. The molecule has 4 nitrogen and oxygen atoms in total. The van der Waals surface area contributed by atoms with E-state index in [1.807, 2.05) is 13.8 Å². The number of allylic oxidation sites excluding steroid dienone is 3. The Hall–Kier alpha value is -3.27. The van der Waals surface area contributed by atoms with Crippen LogP contribution in [0.3, 0.4) is 0 Å². The van der Waals surface area contributed by atoms with Gasteiger partial charge >= 0.3 is 0 Å². The van der Waals surface area contributed by atoms with Gasteiger partial charge in [0, 0.05) is 0 Å². The van der Waals surface area contributed by atoms with E-state index in [0.717, 1.165) is 11.1 Å². The van der Waals surface area contributed by atoms with Crippen LogP contribution in [0.4, 0.5) is 0 Å². The summed E-state index contributed by atoms with van der Waals surface area (Å²) < 4.78 is 5.53. The van der Waals surface area contributed by atoms with E-state index in [4.69, 9.17) is 4.74 Å². The lowest BCUT2D eigenvalue weighted by Crippen LogP contribution is -2.00. The van der Waals surface area contributed by atoms with Crippen molar-refractivity contribution in [1.82, 2.24) is 0 Å². The number of hydrogen-bond donors (Lipinski definition) is 2. The molecule has 0 amide bonds. The van der Waals surface area contributed by atoms with Crippen molar-refractivity contribution in [2.24, 2.45) is 0 Å². The van der Waals surface area contributed by atoms with Gasteiger partial charge in [-0.05, 0) is 55.8 Å². The Bertz CT molecular complexity index is 858. The summed E-state index contributed by atoms with van der Waals surface area (Å²) in [5, 5.41) is 19.9. The van der Waals surface area contributed by atoms with Gasteiger partial charge in [-0.3, -0.25) is 4.79 Å². The van der Waals surface area contributed by atoms with E-state index in [2.05, 4.69) is 6.58 Å². The second kappa shape index (κ2) is 8.72. The molecule has 0 bridgehead atoms. The summed E-state index contributed by atoms with van der Waals surface area (Å²) in [5.41, 5.74) is 2.21. The van der Waals surface area contributed by atoms with Crippen molar-refractivity contribution in [3.05, 3.63) is 77.4 Å². The smallest absolute Gasteiger partial charge is 0.189 e. The first kappa shape index (κ1) is 19.1. The van der Waals surface area contributed by atoms with Crippen LogP contribution in [-0.2, 0) is 0 Å². The van der Waals surface area contributed by atoms with E-state index in [0.29, 0.717) is 17.9 Å². The highest BCUT2D eigenvalue weighted by Crippen LogP contribution is 2.33. The van der Waals surface area contributed by atoms with Crippen molar-refractivity contribution in [1.29, 1.82) is 0 Å². The number of aromatic hydroxyl groups is 2. The number of ether oxygens (including phenoxy) is 1. The van der Waals surface area contributed by atoms with E-state index >= 15 is 0 Å². The molecule has 0 fully saturated rings. The van der Waals surface area contributed by atoms with Crippen LogP contribution in [-0.4, -0.2) is 22.6 Å². The molecule has 0 aliphatic rings. The zero-order chi connectivity index (χ0) is 19.1. The number of ketones is 1. The molecule has 2 aromatic carbocycles. The van der Waals surface area contributed by atoms with Crippen molar-refractivity contribution in [2.45, 2.75) is 13.8 Å². The zero-order valence-electron chi connectivity index (χ0n) is 14.9. The van der Waals surface area contributed by atoms with Gasteiger partial charge in [-0.1, -0.05) is 36.4 Å². The topological polar surface area (TPSA) is 66.8 Å². The standard InChI is InChI=1S/C22H22O4/c1-4-26-21-14-12-18(22(25)19(21)11-5-15(2)3)20(24)13-8-16-6-9-17(23)10-7-16/h5-14,23,25H,2,4H2,1,3H3. The van der Waals surface area contributed by atoms with E-state index in [9.17, 15) is 15.0 Å². The molecule has 0 aliphatic carbocycles. The monoisotopic (exact) mass is 350 g/mol. The predicted molar refractivity (Wildman–Crippen MR) is 105 cm³/mol. The first-order valence-corrected chi connectivity index (χ1v) is 8.26. The number of carbonyl (C=O) groups excluding carboxylic acids is 1. The SMILES string of the molecule is C=C(C)C=Cc1c(OCC)ccc(C(=O)C=Cc2ccc(O)cc2)c1O. The van der Waals surface area contributed by atoms with Crippen molar-refractivity contribution < 1.29 is 19.7 Å². The van der Waals surface area contributed by atoms with E-state index in [-0.39, 0.29) is 22.8 Å². The summed E-state index contributed by atoms with van der Waals surface area (Å²) in [5.74, 6) is 0.200. The summed E-state index contributed by atoms with van der Waals surface area (Å²) in [6.45, 7) is 7.93. The largest absolute Gasteiger partial charge is 0.508 e. The lowest BCUT2D eigenvalue weighted by atomic mass is 10.0. The molecule has 0 spiro atoms. The maximum atomic E-state index is 12.5. The second-order valence-electron chi connectivity index (χ2n) is 5.78. The molecule has 0 saturated heterocycles. The molecule has 26 heavy (non-hydrogen) atoms. The van der Waals surface area contributed by atoms with Gasteiger partial charge in [0.2, 0.25) is 0 Å². The van der Waals surface area contributed by atoms with Gasteiger partial charge in [0.05, 0.1) is 17.7 Å². The maximum absolute atomic E-state index is 12.5. The maximum Gasteiger partial charge on any atom is 0.189 e. The third-order valence-corrected chi connectivity index (χ3v) is 3.60. The second-order valence-corrected chi connectivity index (χ2v) is 5.78. The molecule has 2 N–H and O–H groups in total. The Morgan fingerprint density at radius 2 is 1.77 bits per heavy atom. The fourth-order valence-electron chi connectivity index (χ4n) is 2.30. The minimum absolute atomic E-state index is 0.131. The van der Waals surface area contributed by atoms with Gasteiger partial charge in [0.15, 0.2) is 5.78 Å². The van der Waals surface area contributed by atoms with Crippen molar-refractivity contribution >= 4 is 17.9 Å². The Morgan fingerprint density at radius 1 is 1.08 bits per heavy atom. The third kappa shape index (κ3) is 4.86. The van der Waals surface area contributed by atoms with E-state index in [1.54, 1.807) is 54.6 Å². The molecule has 0 unspecified atom stereocenters. The number of phenols is 2. The van der Waals surface area contributed by atoms with Crippen LogP contribution < -0.4 is 4.74 Å². The molecule has 0 aliphatic heterocycles. The predicted octanol–water partition coefficient (Wildman–Crippen LogP) is 4.98. The molecule has 0 aromatic heterocycles. The number of carbonyl (C=O) groups is 1. The van der Waals surface area contributed by atoms with E-state index < -0.39 is 0 Å². The third-order valence-electron chi connectivity index (χ3n) is 3.60. The highest BCUT2D eigenvalue weighted by Gasteiger charge is 2.15. The highest BCUT2D eigenvalue weighted by atomic mass is 16.5. The van der Waals surface area contributed by atoms with Gasteiger partial charge in [0.25, 0.3) is 0 Å². The minimum Gasteiger partial charge on any atom is -0.508 e. The Labute approximate surface area is 153 Å². The number of benzene rings is 2. The Kier molecular flexibility index (Phi) is 6.39. The summed E-state index contributed by atoms with van der Waals surface area (Å²) in [4.78, 5) is 12.5. The van der Waals surface area contributed by atoms with Crippen molar-refractivity contribution in [3.63, 3.8) is 0 Å². The van der Waals surface area contributed by atoms with Crippen molar-refractivity contribution in [3.8, 4) is 17.2 Å². The molecule has 4 heteroatoms. The van der Waals surface area contributed by atoms with Crippen LogP contribution in [0.1, 0.15) is 35.3 Å². The van der Waals surface area contributed by atoms with Gasteiger partial charge in [-0.25, -0.2) is 0 Å². The summed E-state index contributed by atoms with van der Waals surface area (Å²) in [6, 6.07) is 9.68. The summed E-state index contributed by atoms with van der Waals surface area (Å²) in [6.07, 6.45) is 6.44. The fraction of sp³-hybridized carbons (Fsp3) is 0.136. The van der Waals surface area contributed by atoms with Gasteiger partial charge < -0.3 is 14.9 Å². The average molecular weight is 350 g/mol. The van der Waals surface area contributed by atoms with Gasteiger partial charge in [-0.2, -0.15) is 0 Å². The summed E-state index contributed by atoms with van der Waals surface area (Å²) >= 11 is 0. The number of rotatable bonds is 7. The molecule has 0 atom stereocenters. The lowest BCUT2D eigenvalue weighted by molar-refractivity contribution is 0.104. The Morgan fingerprint density at radius 3 is 2.38 bits per heavy atom. The first-order valence-electron chi connectivity index (χ1n) is 8.26. The van der Waals surface area contributed by atoms with Crippen LogP contribution >= 0.6 is 0 Å². The molecule has 134 valence electrons. The molecule has 0 heterocycles. The minimum atomic E-state index is -0.330. The fourth-order valence-corrected chi connectivity index (χ4v) is 2.30. The van der Waals surface area contributed by atoms with Crippen LogP contribution in [0.25, 0.3) is 12.2 Å². The molecular formula is C22H22O4. The van der Waals surface area contributed by atoms with E-state index in [1.165, 1.54) is 6.08 Å². The molecule has 0 saturated carbocycles. The van der Waals surface area contributed by atoms with Gasteiger partial charge in [-0.15, -0.1) is 0 Å². The van der Waals surface area contributed by atoms with Gasteiger partial charge in [0.1, 0.15) is 17.2 Å². The van der Waals surface area contributed by atoms with Crippen molar-refractivity contribution in [2.75, 3.05) is 6.61 Å². The first-order chi connectivity index (χ1) is 12.4. The molecule has 2 aromatic rings. The number of hydrogen-bond acceptors (Lipinski definition) is 4. The van der Waals surface area contributed by atoms with Crippen LogP contribution in [0.5, 0.6) is 17.2 Å². The molecule has 0 radical (unpaired) electrons. The Balaban J connectivity index is 2.35. The zero-order valence-corrected chi connectivity index (χ0v) is 14.9.